The van der Waals surface area contributed by atoms with E-state index < -0.39 is 18.0 Å². The predicted octanol–water partition coefficient (Wildman–Crippen LogP) is 1.48. The Labute approximate surface area is 128 Å². The molecule has 0 aliphatic carbocycles. The number of hydrogen-bond donors (Lipinski definition) is 4. The second-order valence-corrected chi connectivity index (χ2v) is 4.93. The number of primary amides is 1. The lowest BCUT2D eigenvalue weighted by molar-refractivity contribution is -0.137. The van der Waals surface area contributed by atoms with E-state index in [1.54, 1.807) is 24.3 Å². The molecular formula is C15H21N3O4. The maximum atomic E-state index is 12.1. The second-order valence-electron chi connectivity index (χ2n) is 4.93. The molecule has 0 radical (unpaired) electrons. The molecule has 0 aliphatic rings. The number of nitrogens with two attached hydrogens (primary N) is 1. The number of hydrogen-bond acceptors (Lipinski definition) is 3. The molecule has 0 saturated heterocycles. The van der Waals surface area contributed by atoms with Crippen LogP contribution in [0, 0.1) is 0 Å². The van der Waals surface area contributed by atoms with E-state index in [-0.39, 0.29) is 12.3 Å². The van der Waals surface area contributed by atoms with Gasteiger partial charge in [-0.3, -0.25) is 9.59 Å². The smallest absolute Gasteiger partial charge is 0.312 e. The molecule has 22 heavy (non-hydrogen) atoms. The van der Waals surface area contributed by atoms with Crippen LogP contribution in [0.25, 0.3) is 0 Å². The van der Waals surface area contributed by atoms with Crippen LogP contribution in [0.3, 0.4) is 0 Å². The number of carbonyl (C=O) groups is 3. The van der Waals surface area contributed by atoms with Gasteiger partial charge in [-0.05, 0) is 30.5 Å². The molecule has 0 unspecified atom stereocenters. The predicted molar refractivity (Wildman–Crippen MR) is 82.4 cm³/mol. The largest absolute Gasteiger partial charge is 0.481 e. The van der Waals surface area contributed by atoms with Crippen molar-refractivity contribution in [1.82, 2.24) is 5.32 Å². The van der Waals surface area contributed by atoms with Crippen LogP contribution in [0.1, 0.15) is 31.7 Å². The fourth-order valence-corrected chi connectivity index (χ4v) is 2.01. The van der Waals surface area contributed by atoms with E-state index in [0.717, 1.165) is 12.0 Å². The number of benzene rings is 1. The highest BCUT2D eigenvalue weighted by molar-refractivity contribution is 5.96. The molecule has 3 amide bonds. The molecule has 0 heterocycles. The molecule has 0 fully saturated rings. The summed E-state index contributed by atoms with van der Waals surface area (Å²) in [6.07, 6.45) is 1.61. The highest BCUT2D eigenvalue weighted by Gasteiger charge is 2.18. The molecule has 7 heteroatoms. The number of rotatable bonds is 8. The van der Waals surface area contributed by atoms with E-state index >= 15 is 0 Å². The Morgan fingerprint density at radius 3 is 2.64 bits per heavy atom. The van der Waals surface area contributed by atoms with Gasteiger partial charge in [-0.15, -0.1) is 0 Å². The first-order valence-electron chi connectivity index (χ1n) is 7.10. The van der Waals surface area contributed by atoms with Gasteiger partial charge in [0.05, 0.1) is 0 Å². The summed E-state index contributed by atoms with van der Waals surface area (Å²) < 4.78 is 0. The summed E-state index contributed by atoms with van der Waals surface area (Å²) in [5.74, 6) is -1.22. The van der Waals surface area contributed by atoms with Crippen LogP contribution in [-0.2, 0) is 16.0 Å². The first kappa shape index (κ1) is 17.5. The highest BCUT2D eigenvalue weighted by Crippen LogP contribution is 2.13. The Morgan fingerprint density at radius 2 is 2.05 bits per heavy atom. The van der Waals surface area contributed by atoms with Gasteiger partial charge in [0.1, 0.15) is 6.04 Å². The van der Waals surface area contributed by atoms with Crippen LogP contribution in [0.15, 0.2) is 24.3 Å². The molecule has 7 nitrogen and oxygen atoms in total. The lowest BCUT2D eigenvalue weighted by Gasteiger charge is -2.16. The molecule has 0 saturated carbocycles. The molecule has 1 rings (SSSR count). The Balaban J connectivity index is 2.71. The fourth-order valence-electron chi connectivity index (χ4n) is 2.01. The second kappa shape index (κ2) is 8.66. The van der Waals surface area contributed by atoms with Crippen molar-refractivity contribution in [2.24, 2.45) is 5.73 Å². The van der Waals surface area contributed by atoms with Gasteiger partial charge in [0.15, 0.2) is 0 Å². The number of carboxylic acids is 1. The van der Waals surface area contributed by atoms with E-state index in [4.69, 9.17) is 10.8 Å². The fraction of sp³-hybridized carbons (Fsp3) is 0.400. The van der Waals surface area contributed by atoms with E-state index in [1.165, 1.54) is 0 Å². The number of carbonyl (C=O) groups excluding carboxylic acids is 2. The summed E-state index contributed by atoms with van der Waals surface area (Å²) in [6, 6.07) is 5.52. The van der Waals surface area contributed by atoms with Crippen molar-refractivity contribution in [1.29, 1.82) is 0 Å². The molecule has 0 spiro atoms. The lowest BCUT2D eigenvalue weighted by Crippen LogP contribution is -2.46. The van der Waals surface area contributed by atoms with Crippen molar-refractivity contribution >= 4 is 23.6 Å². The molecule has 1 aromatic rings. The third-order valence-corrected chi connectivity index (χ3v) is 3.03. The summed E-state index contributed by atoms with van der Waals surface area (Å²) in [4.78, 5) is 33.6. The van der Waals surface area contributed by atoms with Crippen molar-refractivity contribution in [2.45, 2.75) is 38.6 Å². The van der Waals surface area contributed by atoms with Crippen molar-refractivity contribution in [3.63, 3.8) is 0 Å². The van der Waals surface area contributed by atoms with E-state index in [9.17, 15) is 14.4 Å². The molecule has 0 bridgehead atoms. The minimum absolute atomic E-state index is 0.0269. The topological polar surface area (TPSA) is 122 Å². The third-order valence-electron chi connectivity index (χ3n) is 3.03. The minimum atomic E-state index is -0.872. The van der Waals surface area contributed by atoms with Crippen LogP contribution in [0.4, 0.5) is 10.5 Å². The molecule has 0 aliphatic heterocycles. The number of urea groups is 1. The zero-order chi connectivity index (χ0) is 16.5. The van der Waals surface area contributed by atoms with E-state index in [1.807, 2.05) is 6.92 Å². The zero-order valence-electron chi connectivity index (χ0n) is 12.5. The number of carboxylic acid groups (broad SMARTS) is 1. The van der Waals surface area contributed by atoms with Gasteiger partial charge >= 0.3 is 12.0 Å². The monoisotopic (exact) mass is 307 g/mol. The zero-order valence-corrected chi connectivity index (χ0v) is 12.5. The standard InChI is InChI=1S/C15H21N3O4/c1-2-4-12(18-15(16)22)14(21)17-11-6-3-5-10(9-11)7-8-13(19)20/h3,5-6,9,12H,2,4,7-8H2,1H3,(H,17,21)(H,19,20)(H3,16,18,22)/t12-/m1/s1. The Bertz CT molecular complexity index is 545. The normalized spacial score (nSPS) is 11.5. The van der Waals surface area contributed by atoms with Gasteiger partial charge in [-0.1, -0.05) is 25.5 Å². The first-order chi connectivity index (χ1) is 10.4. The maximum Gasteiger partial charge on any atom is 0.312 e. The summed E-state index contributed by atoms with van der Waals surface area (Å²) in [5.41, 5.74) is 6.43. The Kier molecular flexibility index (Phi) is 6.88. The Hall–Kier alpha value is -2.57. The molecular weight excluding hydrogens is 286 g/mol. The van der Waals surface area contributed by atoms with E-state index in [2.05, 4.69) is 10.6 Å². The lowest BCUT2D eigenvalue weighted by atomic mass is 10.1. The van der Waals surface area contributed by atoms with Gasteiger partial charge in [0.2, 0.25) is 5.91 Å². The summed E-state index contributed by atoms with van der Waals surface area (Å²) in [6.45, 7) is 1.90. The summed E-state index contributed by atoms with van der Waals surface area (Å²) >= 11 is 0. The summed E-state index contributed by atoms with van der Waals surface area (Å²) in [5, 5.41) is 13.8. The number of anilines is 1. The van der Waals surface area contributed by atoms with Gasteiger partial charge in [0, 0.05) is 12.1 Å². The quantitative estimate of drug-likeness (QED) is 0.581. The number of aliphatic carboxylic acids is 1. The van der Waals surface area contributed by atoms with Crippen molar-refractivity contribution in [2.75, 3.05) is 5.32 Å². The van der Waals surface area contributed by atoms with E-state index in [0.29, 0.717) is 18.5 Å². The molecule has 0 aromatic heterocycles. The average molecular weight is 307 g/mol. The van der Waals surface area contributed by atoms with Crippen molar-refractivity contribution in [3.8, 4) is 0 Å². The highest BCUT2D eigenvalue weighted by atomic mass is 16.4. The summed E-state index contributed by atoms with van der Waals surface area (Å²) in [7, 11) is 0. The molecule has 1 aromatic carbocycles. The van der Waals surface area contributed by atoms with Gasteiger partial charge in [-0.2, -0.15) is 0 Å². The number of aryl methyl sites for hydroxylation is 1. The molecule has 5 N–H and O–H groups in total. The van der Waals surface area contributed by atoms with Crippen LogP contribution in [0.5, 0.6) is 0 Å². The SMILES string of the molecule is CCC[C@@H](NC(N)=O)C(=O)Nc1cccc(CCC(=O)O)c1. The van der Waals surface area contributed by atoms with Crippen LogP contribution >= 0.6 is 0 Å². The van der Waals surface area contributed by atoms with Gasteiger partial charge in [0.25, 0.3) is 0 Å². The van der Waals surface area contributed by atoms with Crippen molar-refractivity contribution in [3.05, 3.63) is 29.8 Å². The number of amides is 3. The maximum absolute atomic E-state index is 12.1. The van der Waals surface area contributed by atoms with Gasteiger partial charge < -0.3 is 21.5 Å². The molecule has 1 atom stereocenters. The van der Waals surface area contributed by atoms with Crippen LogP contribution in [-0.4, -0.2) is 29.1 Å². The Morgan fingerprint density at radius 1 is 1.32 bits per heavy atom. The van der Waals surface area contributed by atoms with Crippen molar-refractivity contribution < 1.29 is 19.5 Å². The number of nitrogens with one attached hydrogen (secondary N) is 2. The van der Waals surface area contributed by atoms with Crippen LogP contribution in [0.2, 0.25) is 0 Å². The minimum Gasteiger partial charge on any atom is -0.481 e. The third kappa shape index (κ3) is 6.25. The molecule has 120 valence electrons. The first-order valence-corrected chi connectivity index (χ1v) is 7.10. The van der Waals surface area contributed by atoms with Crippen LogP contribution < -0.4 is 16.4 Å². The van der Waals surface area contributed by atoms with Gasteiger partial charge in [-0.25, -0.2) is 4.79 Å². The average Bonchev–Trinajstić information content (AvgIpc) is 2.44.